The van der Waals surface area contributed by atoms with Gasteiger partial charge in [-0.3, -0.25) is 4.79 Å². The zero-order valence-electron chi connectivity index (χ0n) is 11.3. The maximum Gasteiger partial charge on any atom is 0.273 e. The van der Waals surface area contributed by atoms with Crippen LogP contribution in [0.2, 0.25) is 0 Å². The van der Waals surface area contributed by atoms with Gasteiger partial charge in [0, 0.05) is 23.0 Å². The summed E-state index contributed by atoms with van der Waals surface area (Å²) in [7, 11) is 1.61. The smallest absolute Gasteiger partial charge is 0.273 e. The third-order valence-electron chi connectivity index (χ3n) is 3.73. The van der Waals surface area contributed by atoms with Crippen LogP contribution in [0.25, 0.3) is 27.3 Å². The average molecular weight is 280 g/mol. The van der Waals surface area contributed by atoms with Crippen LogP contribution in [0.1, 0.15) is 0 Å². The first-order valence-electron chi connectivity index (χ1n) is 6.51. The van der Waals surface area contributed by atoms with Gasteiger partial charge in [-0.05, 0) is 30.3 Å². The Morgan fingerprint density at radius 1 is 1.19 bits per heavy atom. The number of hydrogen-bond acceptors (Lipinski definition) is 3. The maximum absolute atomic E-state index is 12.3. The molecule has 0 radical (unpaired) electrons. The molecule has 5 nitrogen and oxygen atoms in total. The van der Waals surface area contributed by atoms with Gasteiger partial charge in [-0.1, -0.05) is 0 Å². The number of methoxy groups -OCH3 is 1. The summed E-state index contributed by atoms with van der Waals surface area (Å²) in [6.07, 6.45) is 1.90. The third kappa shape index (κ3) is 1.61. The largest absolute Gasteiger partial charge is 0.508 e. The lowest BCUT2D eigenvalue weighted by Gasteiger charge is -2.03. The highest BCUT2D eigenvalue weighted by Crippen LogP contribution is 2.27. The number of H-pyrrole nitrogens is 1. The van der Waals surface area contributed by atoms with E-state index in [9.17, 15) is 9.90 Å². The van der Waals surface area contributed by atoms with Crippen molar-refractivity contribution in [1.29, 1.82) is 0 Å². The Hall–Kier alpha value is -2.95. The number of nitrogens with one attached hydrogen (secondary N) is 1. The van der Waals surface area contributed by atoms with Crippen LogP contribution in [-0.2, 0) is 0 Å². The van der Waals surface area contributed by atoms with E-state index in [1.807, 2.05) is 28.8 Å². The molecule has 0 bridgehead atoms. The first kappa shape index (κ1) is 11.8. The van der Waals surface area contributed by atoms with Gasteiger partial charge < -0.3 is 19.2 Å². The Labute approximate surface area is 119 Å². The number of phenols is 1. The topological polar surface area (TPSA) is 66.7 Å². The predicted molar refractivity (Wildman–Crippen MR) is 81.2 cm³/mol. The summed E-state index contributed by atoms with van der Waals surface area (Å²) in [5.74, 6) is 0.868. The van der Waals surface area contributed by atoms with Crippen molar-refractivity contribution in [3.8, 4) is 11.5 Å². The molecule has 0 spiro atoms. The molecule has 0 aliphatic carbocycles. The lowest BCUT2D eigenvalue weighted by molar-refractivity contribution is 0.415. The molecule has 4 aromatic rings. The summed E-state index contributed by atoms with van der Waals surface area (Å²) in [5.41, 5.74) is 1.83. The summed E-state index contributed by atoms with van der Waals surface area (Å²) in [6.45, 7) is 0. The fraction of sp³-hybridized carbons (Fsp3) is 0.0625. The highest BCUT2D eigenvalue weighted by molar-refractivity contribution is 6.00. The number of ether oxygens (including phenoxy) is 1. The first-order chi connectivity index (χ1) is 10.2. The van der Waals surface area contributed by atoms with Crippen LogP contribution >= 0.6 is 0 Å². The Morgan fingerprint density at radius 3 is 2.86 bits per heavy atom. The van der Waals surface area contributed by atoms with Gasteiger partial charge in [0.25, 0.3) is 5.56 Å². The molecule has 2 heterocycles. The van der Waals surface area contributed by atoms with Crippen molar-refractivity contribution in [3.63, 3.8) is 0 Å². The monoisotopic (exact) mass is 280 g/mol. The van der Waals surface area contributed by atoms with Gasteiger partial charge >= 0.3 is 0 Å². The Bertz CT molecular complexity index is 1060. The van der Waals surface area contributed by atoms with E-state index in [1.165, 1.54) is 0 Å². The van der Waals surface area contributed by atoms with E-state index in [-0.39, 0.29) is 11.3 Å². The fourth-order valence-corrected chi connectivity index (χ4v) is 2.76. The minimum atomic E-state index is -0.187. The number of benzene rings is 2. The number of nitrogens with zero attached hydrogens (tertiary/aromatic N) is 1. The minimum absolute atomic E-state index is 0.121. The summed E-state index contributed by atoms with van der Waals surface area (Å²) < 4.78 is 7.07. The zero-order valence-corrected chi connectivity index (χ0v) is 11.3. The van der Waals surface area contributed by atoms with Gasteiger partial charge in [0.1, 0.15) is 17.0 Å². The fourth-order valence-electron chi connectivity index (χ4n) is 2.76. The van der Waals surface area contributed by atoms with Gasteiger partial charge in [0.2, 0.25) is 0 Å². The lowest BCUT2D eigenvalue weighted by atomic mass is 10.2. The van der Waals surface area contributed by atoms with Gasteiger partial charge in [0.05, 0.1) is 18.1 Å². The molecule has 5 heteroatoms. The molecule has 0 aliphatic rings. The Morgan fingerprint density at radius 2 is 2.05 bits per heavy atom. The van der Waals surface area contributed by atoms with Crippen LogP contribution in [-0.4, -0.2) is 21.6 Å². The number of fused-ring (bicyclic) bond motifs is 5. The molecule has 0 saturated heterocycles. The number of phenolic OH excluding ortho intramolecular Hbond substituents is 1. The predicted octanol–water partition coefficient (Wildman–Crippen LogP) is 2.65. The molecule has 21 heavy (non-hydrogen) atoms. The van der Waals surface area contributed by atoms with E-state index >= 15 is 0 Å². The second kappa shape index (κ2) is 4.02. The van der Waals surface area contributed by atoms with Crippen molar-refractivity contribution in [2.24, 2.45) is 0 Å². The molecule has 2 aromatic heterocycles. The minimum Gasteiger partial charge on any atom is -0.508 e. The van der Waals surface area contributed by atoms with E-state index in [0.29, 0.717) is 11.0 Å². The van der Waals surface area contributed by atoms with E-state index in [4.69, 9.17) is 4.74 Å². The average Bonchev–Trinajstić information content (AvgIpc) is 2.85. The SMILES string of the molecule is COc1ccc2c(c1)cn1c3ccc(O)cc3[nH]c(=O)c21. The summed E-state index contributed by atoms with van der Waals surface area (Å²) in [5, 5.41) is 11.4. The standard InChI is InChI=1S/C16H12N2O3/c1-21-11-3-4-12-9(6-11)8-18-14-5-2-10(19)7-13(14)17-16(20)15(12)18/h2-8,19H,1H3,(H,17,20). The summed E-state index contributed by atoms with van der Waals surface area (Å²) in [4.78, 5) is 15.2. The van der Waals surface area contributed by atoms with Crippen molar-refractivity contribution in [2.75, 3.05) is 7.11 Å². The van der Waals surface area contributed by atoms with E-state index in [1.54, 1.807) is 25.3 Å². The number of hydrogen-bond donors (Lipinski definition) is 2. The molecule has 0 atom stereocenters. The van der Waals surface area contributed by atoms with E-state index in [0.717, 1.165) is 22.0 Å². The zero-order chi connectivity index (χ0) is 14.6. The number of rotatable bonds is 1. The molecule has 0 amide bonds. The van der Waals surface area contributed by atoms with Crippen molar-refractivity contribution in [3.05, 3.63) is 52.9 Å². The lowest BCUT2D eigenvalue weighted by Crippen LogP contribution is -2.09. The van der Waals surface area contributed by atoms with Gasteiger partial charge in [-0.2, -0.15) is 0 Å². The van der Waals surface area contributed by atoms with Crippen LogP contribution < -0.4 is 10.3 Å². The van der Waals surface area contributed by atoms with Gasteiger partial charge in [-0.25, -0.2) is 0 Å². The van der Waals surface area contributed by atoms with Crippen LogP contribution in [0, 0.1) is 0 Å². The van der Waals surface area contributed by atoms with Crippen LogP contribution in [0.3, 0.4) is 0 Å². The Kier molecular flexibility index (Phi) is 2.27. The van der Waals surface area contributed by atoms with E-state index in [2.05, 4.69) is 4.98 Å². The number of aromatic amines is 1. The van der Waals surface area contributed by atoms with Crippen molar-refractivity contribution < 1.29 is 9.84 Å². The summed E-state index contributed by atoms with van der Waals surface area (Å²) >= 11 is 0. The highest BCUT2D eigenvalue weighted by Gasteiger charge is 2.11. The molecule has 0 fully saturated rings. The van der Waals surface area contributed by atoms with E-state index < -0.39 is 0 Å². The van der Waals surface area contributed by atoms with Crippen molar-refractivity contribution >= 4 is 27.3 Å². The van der Waals surface area contributed by atoms with Gasteiger partial charge in [-0.15, -0.1) is 0 Å². The van der Waals surface area contributed by atoms with Crippen LogP contribution in [0.5, 0.6) is 11.5 Å². The second-order valence-electron chi connectivity index (χ2n) is 4.96. The molecule has 0 unspecified atom stereocenters. The maximum atomic E-state index is 12.3. The quantitative estimate of drug-likeness (QED) is 0.563. The molecule has 2 aromatic carbocycles. The normalized spacial score (nSPS) is 11.5. The first-order valence-corrected chi connectivity index (χ1v) is 6.51. The third-order valence-corrected chi connectivity index (χ3v) is 3.73. The molecule has 104 valence electrons. The highest BCUT2D eigenvalue weighted by atomic mass is 16.5. The molecule has 0 aliphatic heterocycles. The molecule has 4 rings (SSSR count). The second-order valence-corrected chi connectivity index (χ2v) is 4.96. The summed E-state index contributed by atoms with van der Waals surface area (Å²) in [6, 6.07) is 10.5. The van der Waals surface area contributed by atoms with Crippen molar-refractivity contribution in [2.45, 2.75) is 0 Å². The van der Waals surface area contributed by atoms with Crippen molar-refractivity contribution in [1.82, 2.24) is 9.38 Å². The number of aromatic hydroxyl groups is 1. The molecule has 0 saturated carbocycles. The molecular weight excluding hydrogens is 268 g/mol. The molecular formula is C16H12N2O3. The van der Waals surface area contributed by atoms with Crippen LogP contribution in [0.4, 0.5) is 0 Å². The van der Waals surface area contributed by atoms with Gasteiger partial charge in [0.15, 0.2) is 0 Å². The molecule has 2 N–H and O–H groups in total. The Balaban J connectivity index is 2.25. The number of aromatic nitrogens is 2. The van der Waals surface area contributed by atoms with Crippen LogP contribution in [0.15, 0.2) is 47.4 Å².